The van der Waals surface area contributed by atoms with E-state index in [1.165, 1.54) is 39.1 Å². The van der Waals surface area contributed by atoms with Crippen molar-refractivity contribution in [2.75, 3.05) is 0 Å². The molecule has 2 aromatic heterocycles. The largest absolute Gasteiger partial charge is 0.419 e. The summed E-state index contributed by atoms with van der Waals surface area (Å²) in [5.41, 5.74) is 3.81. The van der Waals surface area contributed by atoms with Gasteiger partial charge in [-0.1, -0.05) is 6.07 Å². The first-order valence-electron chi connectivity index (χ1n) is 6.98. The van der Waals surface area contributed by atoms with Crippen LogP contribution in [0.25, 0.3) is 11.1 Å². The Morgan fingerprint density at radius 3 is 3.00 bits per heavy atom. The molecule has 1 aliphatic rings. The quantitative estimate of drug-likeness (QED) is 0.669. The molecule has 3 aromatic rings. The maximum absolute atomic E-state index is 11.5. The van der Waals surface area contributed by atoms with Crippen molar-refractivity contribution in [1.82, 2.24) is 4.57 Å². The number of hydrogen-bond donors (Lipinski definition) is 0. The predicted octanol–water partition coefficient (Wildman–Crippen LogP) is 4.01. The highest BCUT2D eigenvalue weighted by Gasteiger charge is 2.20. The van der Waals surface area contributed by atoms with Crippen molar-refractivity contribution in [2.45, 2.75) is 24.6 Å². The van der Waals surface area contributed by atoms with Gasteiger partial charge in [-0.15, -0.1) is 22.9 Å². The Morgan fingerprint density at radius 1 is 1.33 bits per heavy atom. The third-order valence-corrected chi connectivity index (χ3v) is 6.04. The molecule has 0 bridgehead atoms. The van der Waals surface area contributed by atoms with Gasteiger partial charge in [0.15, 0.2) is 5.58 Å². The van der Waals surface area contributed by atoms with Gasteiger partial charge in [0, 0.05) is 16.8 Å². The highest BCUT2D eigenvalue weighted by Crippen LogP contribution is 2.39. The summed E-state index contributed by atoms with van der Waals surface area (Å²) in [6.45, 7) is 0. The van der Waals surface area contributed by atoms with E-state index in [-0.39, 0.29) is 11.1 Å². The van der Waals surface area contributed by atoms with Gasteiger partial charge in [-0.25, -0.2) is 4.79 Å². The molecule has 0 amide bonds. The molecular weight excluding hydrogens is 306 g/mol. The smallest absolute Gasteiger partial charge is 0.408 e. The lowest BCUT2D eigenvalue weighted by Crippen LogP contribution is -2.08. The number of halogens is 1. The fourth-order valence-corrected chi connectivity index (χ4v) is 4.55. The molecule has 2 heterocycles. The molecule has 0 spiro atoms. The zero-order valence-electron chi connectivity index (χ0n) is 11.6. The van der Waals surface area contributed by atoms with Crippen LogP contribution in [-0.2, 0) is 19.9 Å². The van der Waals surface area contributed by atoms with Crippen LogP contribution in [0.3, 0.4) is 0 Å². The minimum Gasteiger partial charge on any atom is -0.408 e. The third kappa shape index (κ3) is 2.05. The average Bonchev–Trinajstić information content (AvgIpc) is 3.12. The van der Waals surface area contributed by atoms with Crippen LogP contribution < -0.4 is 5.76 Å². The molecule has 0 N–H and O–H groups in total. The number of alkyl halides is 1. The molecule has 0 aliphatic heterocycles. The zero-order chi connectivity index (χ0) is 14.6. The van der Waals surface area contributed by atoms with Crippen LogP contribution in [0.5, 0.6) is 0 Å². The lowest BCUT2D eigenvalue weighted by Gasteiger charge is -2.07. The number of oxazole rings is 1. The van der Waals surface area contributed by atoms with Crippen LogP contribution in [0.15, 0.2) is 33.5 Å². The molecule has 5 heteroatoms. The molecular formula is C16H14ClNO2S. The van der Waals surface area contributed by atoms with E-state index < -0.39 is 0 Å². The van der Waals surface area contributed by atoms with Gasteiger partial charge in [-0.2, -0.15) is 0 Å². The molecule has 21 heavy (non-hydrogen) atoms. The van der Waals surface area contributed by atoms with Crippen LogP contribution in [0.1, 0.15) is 32.7 Å². The van der Waals surface area contributed by atoms with E-state index in [4.69, 9.17) is 16.0 Å². The highest BCUT2D eigenvalue weighted by atomic mass is 35.5. The van der Waals surface area contributed by atoms with Gasteiger partial charge in [0.1, 0.15) is 0 Å². The van der Waals surface area contributed by atoms with Gasteiger partial charge in [-0.05, 0) is 48.6 Å². The Hall–Kier alpha value is -1.52. The predicted molar refractivity (Wildman–Crippen MR) is 85.5 cm³/mol. The number of hydrogen-bond acceptors (Lipinski definition) is 3. The highest BCUT2D eigenvalue weighted by molar-refractivity contribution is 7.12. The Kier molecular flexibility index (Phi) is 2.98. The van der Waals surface area contributed by atoms with Crippen molar-refractivity contribution in [3.05, 3.63) is 55.7 Å². The lowest BCUT2D eigenvalue weighted by molar-refractivity contribution is 0.528. The number of fused-ring (bicyclic) bond motifs is 2. The molecule has 3 nitrogen and oxygen atoms in total. The second-order valence-electron chi connectivity index (χ2n) is 5.47. The van der Waals surface area contributed by atoms with E-state index in [0.717, 1.165) is 11.1 Å². The molecule has 1 atom stereocenters. The van der Waals surface area contributed by atoms with E-state index in [1.807, 2.05) is 29.5 Å². The minimum absolute atomic E-state index is 0.185. The molecule has 1 aliphatic carbocycles. The molecule has 0 saturated carbocycles. The number of thiophene rings is 1. The Labute approximate surface area is 130 Å². The van der Waals surface area contributed by atoms with E-state index in [9.17, 15) is 4.79 Å². The van der Waals surface area contributed by atoms with Crippen LogP contribution in [0.2, 0.25) is 0 Å². The Balaban J connectivity index is 1.76. The number of aromatic nitrogens is 1. The normalized spacial score (nSPS) is 15.5. The van der Waals surface area contributed by atoms with E-state index in [1.54, 1.807) is 7.05 Å². The molecule has 1 unspecified atom stereocenters. The summed E-state index contributed by atoms with van der Waals surface area (Å²) in [4.78, 5) is 14.2. The molecule has 0 fully saturated rings. The molecule has 0 saturated heterocycles. The fourth-order valence-electron chi connectivity index (χ4n) is 2.95. The maximum Gasteiger partial charge on any atom is 0.419 e. The average molecular weight is 320 g/mol. The molecule has 4 rings (SSSR count). The fraction of sp³-hybridized carbons (Fsp3) is 0.312. The van der Waals surface area contributed by atoms with Crippen molar-refractivity contribution in [3.63, 3.8) is 0 Å². The van der Waals surface area contributed by atoms with E-state index >= 15 is 0 Å². The van der Waals surface area contributed by atoms with Gasteiger partial charge in [-0.3, -0.25) is 4.57 Å². The second-order valence-corrected chi connectivity index (χ2v) is 7.07. The molecule has 1 aromatic carbocycles. The van der Waals surface area contributed by atoms with Crippen molar-refractivity contribution >= 4 is 34.0 Å². The first kappa shape index (κ1) is 13.2. The lowest BCUT2D eigenvalue weighted by atomic mass is 10.1. The van der Waals surface area contributed by atoms with Crippen molar-refractivity contribution in [1.29, 1.82) is 0 Å². The summed E-state index contributed by atoms with van der Waals surface area (Å²) < 4.78 is 6.74. The molecule has 108 valence electrons. The number of benzene rings is 1. The minimum atomic E-state index is -0.344. The van der Waals surface area contributed by atoms with Gasteiger partial charge in [0.25, 0.3) is 0 Å². The van der Waals surface area contributed by atoms with Crippen LogP contribution >= 0.6 is 22.9 Å². The topological polar surface area (TPSA) is 35.1 Å². The SMILES string of the molecule is Cn1c(=O)oc2cc(C(Cl)c3cc4c(s3)CCC4)ccc21. The zero-order valence-corrected chi connectivity index (χ0v) is 13.1. The summed E-state index contributed by atoms with van der Waals surface area (Å²) in [6, 6.07) is 7.97. The first-order chi connectivity index (χ1) is 10.1. The van der Waals surface area contributed by atoms with Crippen LogP contribution in [-0.4, -0.2) is 4.57 Å². The van der Waals surface area contributed by atoms with Crippen molar-refractivity contribution in [3.8, 4) is 0 Å². The van der Waals surface area contributed by atoms with Gasteiger partial charge < -0.3 is 4.42 Å². The van der Waals surface area contributed by atoms with Crippen molar-refractivity contribution < 1.29 is 4.42 Å². The summed E-state index contributed by atoms with van der Waals surface area (Å²) in [7, 11) is 1.70. The maximum atomic E-state index is 11.5. The monoisotopic (exact) mass is 319 g/mol. The number of rotatable bonds is 2. The summed E-state index contributed by atoms with van der Waals surface area (Å²) in [6.07, 6.45) is 3.60. The van der Waals surface area contributed by atoms with Crippen LogP contribution in [0.4, 0.5) is 0 Å². The Morgan fingerprint density at radius 2 is 2.19 bits per heavy atom. The van der Waals surface area contributed by atoms with Gasteiger partial charge in [0.05, 0.1) is 10.9 Å². The second kappa shape index (κ2) is 4.75. The van der Waals surface area contributed by atoms with Crippen molar-refractivity contribution in [2.24, 2.45) is 7.05 Å². The Bertz CT molecular complexity index is 868. The number of aryl methyl sites for hydroxylation is 3. The van der Waals surface area contributed by atoms with Crippen LogP contribution in [0, 0.1) is 0 Å². The number of nitrogens with zero attached hydrogens (tertiary/aromatic N) is 1. The first-order valence-corrected chi connectivity index (χ1v) is 8.24. The third-order valence-electron chi connectivity index (χ3n) is 4.12. The van der Waals surface area contributed by atoms with E-state index in [0.29, 0.717) is 5.58 Å². The van der Waals surface area contributed by atoms with E-state index in [2.05, 4.69) is 6.07 Å². The summed E-state index contributed by atoms with van der Waals surface area (Å²) >= 11 is 8.44. The summed E-state index contributed by atoms with van der Waals surface area (Å²) in [5.74, 6) is -0.344. The van der Waals surface area contributed by atoms with Gasteiger partial charge in [0.2, 0.25) is 0 Å². The standard InChI is InChI=1S/C16H14ClNO2S/c1-18-11-6-5-10(7-12(11)20-16(18)19)15(17)14-8-9-3-2-4-13(9)21-14/h5-8,15H,2-4H2,1H3. The molecule has 0 radical (unpaired) electrons. The summed E-state index contributed by atoms with van der Waals surface area (Å²) in [5, 5.41) is -0.185. The van der Waals surface area contributed by atoms with Gasteiger partial charge >= 0.3 is 5.76 Å².